The first-order valence-corrected chi connectivity index (χ1v) is 5.68. The number of hydrogen-bond acceptors (Lipinski definition) is 3. The summed E-state index contributed by atoms with van der Waals surface area (Å²) in [5.41, 5.74) is 0.794. The van der Waals surface area contributed by atoms with Crippen LogP contribution < -0.4 is 4.74 Å². The standard InChI is InChI=1S/C13H14N2O3/c1-2-15-10(8-12(14-15)13(16)17)9-18-11-6-4-3-5-7-11/h3-8H,2,9H2,1H3,(H,16,17). The van der Waals surface area contributed by atoms with E-state index in [2.05, 4.69) is 5.10 Å². The number of para-hydroxylation sites is 1. The Morgan fingerprint density at radius 2 is 2.11 bits per heavy atom. The van der Waals surface area contributed by atoms with Crippen LogP contribution in [-0.4, -0.2) is 20.9 Å². The highest BCUT2D eigenvalue weighted by Gasteiger charge is 2.12. The van der Waals surface area contributed by atoms with Gasteiger partial charge in [0.05, 0.1) is 5.69 Å². The zero-order chi connectivity index (χ0) is 13.0. The summed E-state index contributed by atoms with van der Waals surface area (Å²) in [6.07, 6.45) is 0. The number of carboxylic acids is 1. The lowest BCUT2D eigenvalue weighted by Crippen LogP contribution is -2.06. The van der Waals surface area contributed by atoms with E-state index in [1.807, 2.05) is 37.3 Å². The summed E-state index contributed by atoms with van der Waals surface area (Å²) >= 11 is 0. The van der Waals surface area contributed by atoms with Gasteiger partial charge in [-0.15, -0.1) is 0 Å². The van der Waals surface area contributed by atoms with Gasteiger partial charge in [-0.05, 0) is 25.1 Å². The van der Waals surface area contributed by atoms with Gasteiger partial charge in [0, 0.05) is 6.54 Å². The number of carboxylic acid groups (broad SMARTS) is 1. The Balaban J connectivity index is 2.11. The quantitative estimate of drug-likeness (QED) is 0.878. The smallest absolute Gasteiger partial charge is 0.356 e. The second-order valence-electron chi connectivity index (χ2n) is 3.74. The predicted octanol–water partition coefficient (Wildman–Crippen LogP) is 2.18. The average Bonchev–Trinajstić information content (AvgIpc) is 2.81. The molecular formula is C13H14N2O3. The molecule has 0 amide bonds. The van der Waals surface area contributed by atoms with E-state index in [0.29, 0.717) is 13.2 Å². The number of benzene rings is 1. The van der Waals surface area contributed by atoms with E-state index in [1.165, 1.54) is 6.07 Å². The molecule has 0 spiro atoms. The molecule has 2 aromatic rings. The molecule has 0 aliphatic carbocycles. The van der Waals surface area contributed by atoms with Crippen LogP contribution in [0.4, 0.5) is 0 Å². The van der Waals surface area contributed by atoms with Crippen LogP contribution in [0.5, 0.6) is 5.75 Å². The van der Waals surface area contributed by atoms with Gasteiger partial charge in [0.1, 0.15) is 12.4 Å². The third-order valence-electron chi connectivity index (χ3n) is 2.51. The highest BCUT2D eigenvalue weighted by Crippen LogP contribution is 2.12. The van der Waals surface area contributed by atoms with Crippen LogP contribution in [0.1, 0.15) is 23.1 Å². The first-order valence-electron chi connectivity index (χ1n) is 5.68. The van der Waals surface area contributed by atoms with Gasteiger partial charge >= 0.3 is 5.97 Å². The fraction of sp³-hybridized carbons (Fsp3) is 0.231. The Labute approximate surface area is 105 Å². The number of aryl methyl sites for hydroxylation is 1. The van der Waals surface area contributed by atoms with E-state index in [1.54, 1.807) is 4.68 Å². The largest absolute Gasteiger partial charge is 0.487 e. The van der Waals surface area contributed by atoms with Crippen molar-refractivity contribution in [3.8, 4) is 5.75 Å². The summed E-state index contributed by atoms with van der Waals surface area (Å²) in [5, 5.41) is 12.9. The molecule has 0 fully saturated rings. The summed E-state index contributed by atoms with van der Waals surface area (Å²) in [5.74, 6) is -0.276. The summed E-state index contributed by atoms with van der Waals surface area (Å²) in [4.78, 5) is 10.8. The molecular weight excluding hydrogens is 232 g/mol. The van der Waals surface area contributed by atoms with Crippen molar-refractivity contribution in [2.24, 2.45) is 0 Å². The Morgan fingerprint density at radius 1 is 1.39 bits per heavy atom. The molecule has 1 aromatic heterocycles. The summed E-state index contributed by atoms with van der Waals surface area (Å²) in [7, 11) is 0. The molecule has 0 saturated heterocycles. The fourth-order valence-corrected chi connectivity index (χ4v) is 1.62. The minimum Gasteiger partial charge on any atom is -0.487 e. The van der Waals surface area contributed by atoms with E-state index in [4.69, 9.17) is 9.84 Å². The maximum atomic E-state index is 10.8. The third kappa shape index (κ3) is 2.68. The van der Waals surface area contributed by atoms with Crippen molar-refractivity contribution in [2.75, 3.05) is 0 Å². The molecule has 1 N–H and O–H groups in total. The SMILES string of the molecule is CCn1nc(C(=O)O)cc1COc1ccccc1. The zero-order valence-electron chi connectivity index (χ0n) is 10.0. The first kappa shape index (κ1) is 12.2. The van der Waals surface area contributed by atoms with Gasteiger partial charge in [-0.1, -0.05) is 18.2 Å². The Kier molecular flexibility index (Phi) is 3.62. The summed E-state index contributed by atoms with van der Waals surface area (Å²) < 4.78 is 7.21. The fourth-order valence-electron chi connectivity index (χ4n) is 1.62. The molecule has 1 aromatic carbocycles. The number of carbonyl (C=O) groups is 1. The molecule has 5 nitrogen and oxygen atoms in total. The molecule has 18 heavy (non-hydrogen) atoms. The lowest BCUT2D eigenvalue weighted by Gasteiger charge is -2.07. The van der Waals surface area contributed by atoms with Gasteiger partial charge in [0.15, 0.2) is 5.69 Å². The van der Waals surface area contributed by atoms with Gasteiger partial charge in [-0.25, -0.2) is 4.79 Å². The number of aromatic carboxylic acids is 1. The van der Waals surface area contributed by atoms with Crippen LogP contribution in [-0.2, 0) is 13.2 Å². The highest BCUT2D eigenvalue weighted by atomic mass is 16.5. The number of nitrogens with zero attached hydrogens (tertiary/aromatic N) is 2. The first-order chi connectivity index (χ1) is 8.70. The van der Waals surface area contributed by atoms with Crippen LogP contribution >= 0.6 is 0 Å². The van der Waals surface area contributed by atoms with E-state index in [9.17, 15) is 4.79 Å². The minimum absolute atomic E-state index is 0.0449. The molecule has 1 heterocycles. The molecule has 0 unspecified atom stereocenters. The van der Waals surface area contributed by atoms with Crippen LogP contribution in [0.2, 0.25) is 0 Å². The molecule has 0 radical (unpaired) electrons. The van der Waals surface area contributed by atoms with Crippen molar-refractivity contribution in [2.45, 2.75) is 20.1 Å². The molecule has 0 saturated carbocycles. The van der Waals surface area contributed by atoms with Crippen LogP contribution in [0.3, 0.4) is 0 Å². The maximum absolute atomic E-state index is 10.8. The molecule has 0 bridgehead atoms. The molecule has 5 heteroatoms. The van der Waals surface area contributed by atoms with Crippen molar-refractivity contribution in [1.29, 1.82) is 0 Å². The van der Waals surface area contributed by atoms with Crippen molar-refractivity contribution < 1.29 is 14.6 Å². The van der Waals surface area contributed by atoms with Crippen LogP contribution in [0.15, 0.2) is 36.4 Å². The monoisotopic (exact) mass is 246 g/mol. The lowest BCUT2D eigenvalue weighted by molar-refractivity contribution is 0.0689. The van der Waals surface area contributed by atoms with Crippen molar-refractivity contribution in [3.05, 3.63) is 47.8 Å². The normalized spacial score (nSPS) is 10.3. The Hall–Kier alpha value is -2.30. The number of hydrogen-bond donors (Lipinski definition) is 1. The van der Waals surface area contributed by atoms with E-state index < -0.39 is 5.97 Å². The van der Waals surface area contributed by atoms with E-state index in [0.717, 1.165) is 11.4 Å². The second-order valence-corrected chi connectivity index (χ2v) is 3.74. The Morgan fingerprint density at radius 3 is 2.72 bits per heavy atom. The van der Waals surface area contributed by atoms with E-state index in [-0.39, 0.29) is 5.69 Å². The minimum atomic E-state index is -1.02. The lowest BCUT2D eigenvalue weighted by atomic mass is 10.3. The predicted molar refractivity (Wildman–Crippen MR) is 65.6 cm³/mol. The second kappa shape index (κ2) is 5.35. The van der Waals surface area contributed by atoms with Crippen molar-refractivity contribution in [3.63, 3.8) is 0 Å². The number of aromatic nitrogens is 2. The summed E-state index contributed by atoms with van der Waals surface area (Å²) in [6.45, 7) is 2.82. The Bertz CT molecular complexity index is 534. The van der Waals surface area contributed by atoms with Gasteiger partial charge in [0.2, 0.25) is 0 Å². The molecule has 0 aliphatic rings. The topological polar surface area (TPSA) is 64.4 Å². The summed E-state index contributed by atoms with van der Waals surface area (Å²) in [6, 6.07) is 10.9. The average molecular weight is 246 g/mol. The third-order valence-corrected chi connectivity index (χ3v) is 2.51. The highest BCUT2D eigenvalue weighted by molar-refractivity contribution is 5.85. The van der Waals surface area contributed by atoms with Gasteiger partial charge < -0.3 is 9.84 Å². The van der Waals surface area contributed by atoms with Gasteiger partial charge in [-0.2, -0.15) is 5.10 Å². The molecule has 0 aliphatic heterocycles. The zero-order valence-corrected chi connectivity index (χ0v) is 10.0. The molecule has 0 atom stereocenters. The van der Waals surface area contributed by atoms with E-state index >= 15 is 0 Å². The van der Waals surface area contributed by atoms with Crippen molar-refractivity contribution in [1.82, 2.24) is 9.78 Å². The number of rotatable bonds is 5. The maximum Gasteiger partial charge on any atom is 0.356 e. The van der Waals surface area contributed by atoms with Crippen molar-refractivity contribution >= 4 is 5.97 Å². The molecule has 2 rings (SSSR count). The van der Waals surface area contributed by atoms with Crippen LogP contribution in [0.25, 0.3) is 0 Å². The number of ether oxygens (including phenoxy) is 1. The van der Waals surface area contributed by atoms with Gasteiger partial charge in [0.25, 0.3) is 0 Å². The molecule has 94 valence electrons. The van der Waals surface area contributed by atoms with Crippen LogP contribution in [0, 0.1) is 0 Å². The van der Waals surface area contributed by atoms with Gasteiger partial charge in [-0.3, -0.25) is 4.68 Å².